The molecule has 2 aromatic carbocycles. The van der Waals surface area contributed by atoms with Crippen LogP contribution in [0.3, 0.4) is 0 Å². The summed E-state index contributed by atoms with van der Waals surface area (Å²) in [4.78, 5) is 36.6. The highest BCUT2D eigenvalue weighted by molar-refractivity contribution is 6.30. The van der Waals surface area contributed by atoms with Crippen molar-refractivity contribution in [2.24, 2.45) is 0 Å². The van der Waals surface area contributed by atoms with Gasteiger partial charge in [0.15, 0.2) is 6.61 Å². The molecule has 0 spiro atoms. The molecule has 1 aromatic heterocycles. The molecule has 1 heterocycles. The number of aryl methyl sites for hydroxylation is 1. The molecule has 1 N–H and O–H groups in total. The molecule has 0 aliphatic rings. The fourth-order valence-corrected chi connectivity index (χ4v) is 3.13. The number of esters is 1. The Bertz CT molecular complexity index is 1190. The average Bonchev–Trinajstić information content (AvgIpc) is 2.75. The number of rotatable bonds is 9. The molecule has 0 bridgehead atoms. The molecule has 0 atom stereocenters. The van der Waals surface area contributed by atoms with Gasteiger partial charge in [0, 0.05) is 36.7 Å². The zero-order valence-corrected chi connectivity index (χ0v) is 18.4. The van der Waals surface area contributed by atoms with Gasteiger partial charge in [-0.2, -0.15) is 0 Å². The predicted molar refractivity (Wildman–Crippen MR) is 119 cm³/mol. The summed E-state index contributed by atoms with van der Waals surface area (Å²) in [5.41, 5.74) is 0.0835. The molecule has 9 heteroatoms. The van der Waals surface area contributed by atoms with Crippen molar-refractivity contribution in [2.75, 3.05) is 26.9 Å². The maximum Gasteiger partial charge on any atom is 0.349 e. The fraction of sp³-hybridized carbons (Fsp3) is 0.261. The number of carbonyl (C=O) groups is 2. The summed E-state index contributed by atoms with van der Waals surface area (Å²) in [6.07, 6.45) is 0.622. The number of fused-ring (bicyclic) bond motifs is 1. The molecule has 0 aliphatic carbocycles. The van der Waals surface area contributed by atoms with E-state index in [-0.39, 0.29) is 23.5 Å². The van der Waals surface area contributed by atoms with Crippen molar-refractivity contribution in [1.29, 1.82) is 0 Å². The summed E-state index contributed by atoms with van der Waals surface area (Å²) in [5, 5.41) is 3.73. The highest BCUT2D eigenvalue weighted by Gasteiger charge is 2.15. The number of hydrogen-bond acceptors (Lipinski definition) is 7. The van der Waals surface area contributed by atoms with Crippen LogP contribution in [0.2, 0.25) is 5.02 Å². The van der Waals surface area contributed by atoms with Crippen molar-refractivity contribution >= 4 is 34.4 Å². The molecule has 0 saturated heterocycles. The van der Waals surface area contributed by atoms with Crippen LogP contribution >= 0.6 is 11.6 Å². The first-order valence-electron chi connectivity index (χ1n) is 9.82. The lowest BCUT2D eigenvalue weighted by molar-refractivity contribution is -0.136. The van der Waals surface area contributed by atoms with Gasteiger partial charge in [-0.15, -0.1) is 0 Å². The Morgan fingerprint density at radius 3 is 2.69 bits per heavy atom. The smallest absolute Gasteiger partial charge is 0.349 e. The van der Waals surface area contributed by atoms with Gasteiger partial charge in [0.25, 0.3) is 5.91 Å². The van der Waals surface area contributed by atoms with E-state index >= 15 is 0 Å². The number of benzene rings is 2. The SMILES string of the molecule is COCCCNC(=O)c1cc2ccc(OC(=O)COc3ccc(Cl)cc3C)cc2oc1=O. The van der Waals surface area contributed by atoms with Gasteiger partial charge >= 0.3 is 11.6 Å². The Labute approximate surface area is 189 Å². The normalized spacial score (nSPS) is 10.7. The van der Waals surface area contributed by atoms with Gasteiger partial charge in [0.2, 0.25) is 0 Å². The van der Waals surface area contributed by atoms with Crippen LogP contribution in [-0.2, 0) is 9.53 Å². The van der Waals surface area contributed by atoms with Crippen LogP contribution in [0.5, 0.6) is 11.5 Å². The van der Waals surface area contributed by atoms with Crippen LogP contribution in [0.1, 0.15) is 22.3 Å². The fourth-order valence-electron chi connectivity index (χ4n) is 2.90. The third kappa shape index (κ3) is 6.09. The molecule has 0 unspecified atom stereocenters. The summed E-state index contributed by atoms with van der Waals surface area (Å²) >= 11 is 5.90. The van der Waals surface area contributed by atoms with Crippen molar-refractivity contribution in [1.82, 2.24) is 5.32 Å². The summed E-state index contributed by atoms with van der Waals surface area (Å²) in [6.45, 7) is 2.37. The Morgan fingerprint density at radius 1 is 1.12 bits per heavy atom. The van der Waals surface area contributed by atoms with E-state index in [1.54, 1.807) is 31.4 Å². The lowest BCUT2D eigenvalue weighted by Crippen LogP contribution is -2.29. The van der Waals surface area contributed by atoms with E-state index < -0.39 is 17.5 Å². The minimum absolute atomic E-state index is 0.105. The third-order valence-corrected chi connectivity index (χ3v) is 4.71. The van der Waals surface area contributed by atoms with Crippen LogP contribution in [0.25, 0.3) is 11.0 Å². The summed E-state index contributed by atoms with van der Waals surface area (Å²) in [5.74, 6) is -0.460. The standard InChI is InChI=1S/C23H22ClNO7/c1-14-10-16(24)5-7-19(14)30-13-21(26)31-17-6-4-15-11-18(23(28)32-20(15)12-17)22(27)25-8-3-9-29-2/h4-7,10-12H,3,8-9,13H2,1-2H3,(H,25,27). The van der Waals surface area contributed by atoms with Crippen LogP contribution < -0.4 is 20.4 Å². The maximum absolute atomic E-state index is 12.2. The number of amides is 1. The average molecular weight is 460 g/mol. The van der Waals surface area contributed by atoms with Gasteiger partial charge in [0.1, 0.15) is 22.6 Å². The second-order valence-electron chi connectivity index (χ2n) is 6.92. The van der Waals surface area contributed by atoms with E-state index in [2.05, 4.69) is 5.32 Å². The number of nitrogens with one attached hydrogen (secondary N) is 1. The first kappa shape index (κ1) is 23.3. The second-order valence-corrected chi connectivity index (χ2v) is 7.36. The van der Waals surface area contributed by atoms with Gasteiger partial charge in [-0.25, -0.2) is 9.59 Å². The minimum atomic E-state index is -0.785. The van der Waals surface area contributed by atoms with Crippen molar-refractivity contribution in [2.45, 2.75) is 13.3 Å². The van der Waals surface area contributed by atoms with E-state index in [1.807, 2.05) is 6.92 Å². The molecule has 3 aromatic rings. The lowest BCUT2D eigenvalue weighted by Gasteiger charge is -2.10. The summed E-state index contributed by atoms with van der Waals surface area (Å²) in [6, 6.07) is 11.0. The molecule has 32 heavy (non-hydrogen) atoms. The van der Waals surface area contributed by atoms with Gasteiger partial charge in [-0.1, -0.05) is 11.6 Å². The molecule has 8 nitrogen and oxygen atoms in total. The first-order valence-corrected chi connectivity index (χ1v) is 10.2. The van der Waals surface area contributed by atoms with Gasteiger partial charge in [-0.3, -0.25) is 4.79 Å². The van der Waals surface area contributed by atoms with E-state index in [9.17, 15) is 14.4 Å². The number of carbonyl (C=O) groups excluding carboxylic acids is 2. The Morgan fingerprint density at radius 2 is 1.94 bits per heavy atom. The quantitative estimate of drug-likeness (QED) is 0.226. The maximum atomic E-state index is 12.2. The Balaban J connectivity index is 1.65. The number of hydrogen-bond donors (Lipinski definition) is 1. The highest BCUT2D eigenvalue weighted by Crippen LogP contribution is 2.23. The lowest BCUT2D eigenvalue weighted by atomic mass is 10.1. The topological polar surface area (TPSA) is 104 Å². The van der Waals surface area contributed by atoms with E-state index in [1.165, 1.54) is 18.2 Å². The number of ether oxygens (including phenoxy) is 3. The van der Waals surface area contributed by atoms with E-state index in [0.29, 0.717) is 35.7 Å². The minimum Gasteiger partial charge on any atom is -0.482 e. The molecule has 0 radical (unpaired) electrons. The molecular formula is C23H22ClNO7. The molecule has 0 fully saturated rings. The van der Waals surface area contributed by atoms with Crippen LogP contribution in [-0.4, -0.2) is 38.7 Å². The predicted octanol–water partition coefficient (Wildman–Crippen LogP) is 3.51. The zero-order valence-electron chi connectivity index (χ0n) is 17.6. The van der Waals surface area contributed by atoms with Gasteiger partial charge in [0.05, 0.1) is 0 Å². The second kappa shape index (κ2) is 10.8. The number of methoxy groups -OCH3 is 1. The molecule has 3 rings (SSSR count). The van der Waals surface area contributed by atoms with Crippen molar-refractivity contribution < 1.29 is 28.2 Å². The summed E-state index contributed by atoms with van der Waals surface area (Å²) in [7, 11) is 1.57. The van der Waals surface area contributed by atoms with Crippen molar-refractivity contribution in [3.05, 3.63) is 69.0 Å². The van der Waals surface area contributed by atoms with Crippen molar-refractivity contribution in [3.63, 3.8) is 0 Å². The Hall–Kier alpha value is -3.36. The molecule has 1 amide bonds. The molecular weight excluding hydrogens is 438 g/mol. The monoisotopic (exact) mass is 459 g/mol. The van der Waals surface area contributed by atoms with E-state index in [0.717, 1.165) is 5.56 Å². The molecule has 0 saturated carbocycles. The molecule has 168 valence electrons. The zero-order chi connectivity index (χ0) is 23.1. The van der Waals surface area contributed by atoms with Crippen LogP contribution in [0.4, 0.5) is 0 Å². The summed E-state index contributed by atoms with van der Waals surface area (Å²) < 4.78 is 20.9. The number of halogens is 1. The van der Waals surface area contributed by atoms with Crippen LogP contribution in [0, 0.1) is 6.92 Å². The van der Waals surface area contributed by atoms with Crippen molar-refractivity contribution in [3.8, 4) is 11.5 Å². The third-order valence-electron chi connectivity index (χ3n) is 4.48. The van der Waals surface area contributed by atoms with Gasteiger partial charge in [-0.05, 0) is 55.3 Å². The highest BCUT2D eigenvalue weighted by atomic mass is 35.5. The Kier molecular flexibility index (Phi) is 7.86. The van der Waals surface area contributed by atoms with Gasteiger partial charge < -0.3 is 23.9 Å². The largest absolute Gasteiger partial charge is 0.482 e. The van der Waals surface area contributed by atoms with Crippen LogP contribution in [0.15, 0.2) is 51.7 Å². The van der Waals surface area contributed by atoms with E-state index in [4.69, 9.17) is 30.2 Å². The first-order chi connectivity index (χ1) is 15.4. The molecule has 0 aliphatic heterocycles.